The Kier molecular flexibility index (Phi) is 3.35. The quantitative estimate of drug-likeness (QED) is 0.813. The molecule has 4 heteroatoms. The SMILES string of the molecule is C=CC(=O)Nc1cccc(Cn2ccnc2)c1. The summed E-state index contributed by atoms with van der Waals surface area (Å²) in [6, 6.07) is 7.69. The maximum absolute atomic E-state index is 11.2. The largest absolute Gasteiger partial charge is 0.333 e. The fraction of sp³-hybridized carbons (Fsp3) is 0.0769. The Morgan fingerprint density at radius 3 is 3.12 bits per heavy atom. The summed E-state index contributed by atoms with van der Waals surface area (Å²) in [5.41, 5.74) is 1.87. The number of hydrogen-bond donors (Lipinski definition) is 1. The Morgan fingerprint density at radius 1 is 1.53 bits per heavy atom. The van der Waals surface area contributed by atoms with Crippen LogP contribution >= 0.6 is 0 Å². The molecule has 2 rings (SSSR count). The maximum Gasteiger partial charge on any atom is 0.247 e. The van der Waals surface area contributed by atoms with Crippen LogP contribution in [0.15, 0.2) is 55.6 Å². The predicted molar refractivity (Wildman–Crippen MR) is 66.6 cm³/mol. The summed E-state index contributed by atoms with van der Waals surface area (Å²) in [6.07, 6.45) is 6.65. The van der Waals surface area contributed by atoms with Gasteiger partial charge in [-0.2, -0.15) is 0 Å². The first-order valence-electron chi connectivity index (χ1n) is 5.26. The van der Waals surface area contributed by atoms with E-state index in [-0.39, 0.29) is 5.91 Å². The summed E-state index contributed by atoms with van der Waals surface area (Å²) >= 11 is 0. The fourth-order valence-electron chi connectivity index (χ4n) is 1.53. The molecular formula is C13H13N3O. The van der Waals surface area contributed by atoms with Crippen LogP contribution in [0.25, 0.3) is 0 Å². The van der Waals surface area contributed by atoms with Gasteiger partial charge in [-0.3, -0.25) is 4.79 Å². The van der Waals surface area contributed by atoms with Crippen molar-refractivity contribution in [2.75, 3.05) is 5.32 Å². The zero-order chi connectivity index (χ0) is 12.1. The van der Waals surface area contributed by atoms with E-state index < -0.39 is 0 Å². The Morgan fingerprint density at radius 2 is 2.41 bits per heavy atom. The van der Waals surface area contributed by atoms with Gasteiger partial charge in [0.25, 0.3) is 0 Å². The number of anilines is 1. The summed E-state index contributed by atoms with van der Waals surface area (Å²) < 4.78 is 1.97. The van der Waals surface area contributed by atoms with Crippen molar-refractivity contribution >= 4 is 11.6 Å². The van der Waals surface area contributed by atoms with Crippen LogP contribution in [0.5, 0.6) is 0 Å². The zero-order valence-electron chi connectivity index (χ0n) is 9.34. The van der Waals surface area contributed by atoms with Gasteiger partial charge in [-0.15, -0.1) is 0 Å². The molecule has 0 aliphatic carbocycles. The Labute approximate surface area is 99.6 Å². The number of nitrogens with zero attached hydrogens (tertiary/aromatic N) is 2. The molecule has 2 aromatic rings. The minimum atomic E-state index is -0.204. The second-order valence-electron chi connectivity index (χ2n) is 3.63. The molecule has 17 heavy (non-hydrogen) atoms. The first-order valence-corrected chi connectivity index (χ1v) is 5.26. The van der Waals surface area contributed by atoms with Crippen LogP contribution in [0, 0.1) is 0 Å². The number of nitrogens with one attached hydrogen (secondary N) is 1. The molecule has 0 spiro atoms. The Bertz CT molecular complexity index is 517. The fourth-order valence-corrected chi connectivity index (χ4v) is 1.53. The second-order valence-corrected chi connectivity index (χ2v) is 3.63. The molecule has 1 aromatic carbocycles. The van der Waals surface area contributed by atoms with E-state index in [4.69, 9.17) is 0 Å². The van der Waals surface area contributed by atoms with Gasteiger partial charge in [0.1, 0.15) is 0 Å². The molecule has 1 N–H and O–H groups in total. The molecule has 0 unspecified atom stereocenters. The second kappa shape index (κ2) is 5.12. The monoisotopic (exact) mass is 227 g/mol. The van der Waals surface area contributed by atoms with Crippen molar-refractivity contribution in [3.63, 3.8) is 0 Å². The summed E-state index contributed by atoms with van der Waals surface area (Å²) in [4.78, 5) is 15.1. The van der Waals surface area contributed by atoms with Crippen LogP contribution in [0.1, 0.15) is 5.56 Å². The van der Waals surface area contributed by atoms with Gasteiger partial charge in [0.15, 0.2) is 0 Å². The summed E-state index contributed by atoms with van der Waals surface area (Å²) in [7, 11) is 0. The van der Waals surface area contributed by atoms with E-state index in [0.29, 0.717) is 0 Å². The number of carbonyl (C=O) groups excluding carboxylic acids is 1. The van der Waals surface area contributed by atoms with Crippen LogP contribution in [-0.2, 0) is 11.3 Å². The topological polar surface area (TPSA) is 46.9 Å². The lowest BCUT2D eigenvalue weighted by Gasteiger charge is -2.06. The highest BCUT2D eigenvalue weighted by Crippen LogP contribution is 2.11. The molecule has 0 fully saturated rings. The van der Waals surface area contributed by atoms with Crippen LogP contribution < -0.4 is 5.32 Å². The van der Waals surface area contributed by atoms with Gasteiger partial charge in [0.2, 0.25) is 5.91 Å². The third-order valence-electron chi connectivity index (χ3n) is 2.30. The van der Waals surface area contributed by atoms with Crippen molar-refractivity contribution in [2.24, 2.45) is 0 Å². The van der Waals surface area contributed by atoms with Gasteiger partial charge >= 0.3 is 0 Å². The predicted octanol–water partition coefficient (Wildman–Crippen LogP) is 2.06. The van der Waals surface area contributed by atoms with Gasteiger partial charge < -0.3 is 9.88 Å². The first-order chi connectivity index (χ1) is 8.28. The third-order valence-corrected chi connectivity index (χ3v) is 2.30. The summed E-state index contributed by atoms with van der Waals surface area (Å²) in [5.74, 6) is -0.204. The van der Waals surface area contributed by atoms with Crippen molar-refractivity contribution in [1.29, 1.82) is 0 Å². The molecular weight excluding hydrogens is 214 g/mol. The first kappa shape index (κ1) is 11.1. The average molecular weight is 227 g/mol. The van der Waals surface area contributed by atoms with E-state index in [0.717, 1.165) is 17.8 Å². The molecule has 0 aliphatic rings. The molecule has 1 aromatic heterocycles. The van der Waals surface area contributed by atoms with E-state index in [1.54, 1.807) is 12.5 Å². The molecule has 0 bridgehead atoms. The molecule has 0 atom stereocenters. The molecule has 1 heterocycles. The van der Waals surface area contributed by atoms with Crippen molar-refractivity contribution in [3.05, 3.63) is 61.2 Å². The van der Waals surface area contributed by atoms with Crippen molar-refractivity contribution < 1.29 is 4.79 Å². The Hall–Kier alpha value is -2.36. The zero-order valence-corrected chi connectivity index (χ0v) is 9.34. The highest BCUT2D eigenvalue weighted by Gasteiger charge is 1.99. The van der Waals surface area contributed by atoms with E-state index in [1.807, 2.05) is 35.0 Å². The number of benzene rings is 1. The third kappa shape index (κ3) is 3.04. The smallest absolute Gasteiger partial charge is 0.247 e. The van der Waals surface area contributed by atoms with Gasteiger partial charge in [0.05, 0.1) is 6.33 Å². The molecule has 0 saturated heterocycles. The molecule has 0 radical (unpaired) electrons. The number of carbonyl (C=O) groups is 1. The minimum absolute atomic E-state index is 0.204. The lowest BCUT2D eigenvalue weighted by atomic mass is 10.2. The van der Waals surface area contributed by atoms with Crippen molar-refractivity contribution in [3.8, 4) is 0 Å². The van der Waals surface area contributed by atoms with Crippen LogP contribution in [-0.4, -0.2) is 15.5 Å². The summed E-state index contributed by atoms with van der Waals surface area (Å²) in [5, 5.41) is 2.73. The highest BCUT2D eigenvalue weighted by molar-refractivity contribution is 5.98. The van der Waals surface area contributed by atoms with Crippen molar-refractivity contribution in [1.82, 2.24) is 9.55 Å². The standard InChI is InChI=1S/C13H13N3O/c1-2-13(17)15-12-5-3-4-11(8-12)9-16-7-6-14-10-16/h2-8,10H,1,9H2,(H,15,17). The Balaban J connectivity index is 2.11. The van der Waals surface area contributed by atoms with Gasteiger partial charge in [-0.25, -0.2) is 4.98 Å². The van der Waals surface area contributed by atoms with E-state index in [9.17, 15) is 4.79 Å². The molecule has 1 amide bonds. The number of amides is 1. The van der Waals surface area contributed by atoms with E-state index in [1.165, 1.54) is 6.08 Å². The van der Waals surface area contributed by atoms with E-state index >= 15 is 0 Å². The number of aromatic nitrogens is 2. The number of imidazole rings is 1. The minimum Gasteiger partial charge on any atom is -0.333 e. The lowest BCUT2D eigenvalue weighted by molar-refractivity contribution is -0.111. The number of hydrogen-bond acceptors (Lipinski definition) is 2. The number of rotatable bonds is 4. The highest BCUT2D eigenvalue weighted by atomic mass is 16.1. The van der Waals surface area contributed by atoms with Crippen LogP contribution in [0.3, 0.4) is 0 Å². The van der Waals surface area contributed by atoms with Crippen LogP contribution in [0.4, 0.5) is 5.69 Å². The maximum atomic E-state index is 11.2. The lowest BCUT2D eigenvalue weighted by Crippen LogP contribution is -2.07. The normalized spacial score (nSPS) is 9.88. The molecule has 86 valence electrons. The molecule has 4 nitrogen and oxygen atoms in total. The van der Waals surface area contributed by atoms with Crippen LogP contribution in [0.2, 0.25) is 0 Å². The summed E-state index contributed by atoms with van der Waals surface area (Å²) in [6.45, 7) is 4.15. The molecule has 0 saturated carbocycles. The van der Waals surface area contributed by atoms with Crippen molar-refractivity contribution in [2.45, 2.75) is 6.54 Å². The average Bonchev–Trinajstić information content (AvgIpc) is 2.82. The van der Waals surface area contributed by atoms with E-state index in [2.05, 4.69) is 16.9 Å². The van der Waals surface area contributed by atoms with Gasteiger partial charge in [0, 0.05) is 24.6 Å². The van der Waals surface area contributed by atoms with Gasteiger partial charge in [-0.1, -0.05) is 18.7 Å². The van der Waals surface area contributed by atoms with Gasteiger partial charge in [-0.05, 0) is 23.8 Å². The molecule has 0 aliphatic heterocycles.